The van der Waals surface area contributed by atoms with Crippen molar-refractivity contribution in [2.75, 3.05) is 19.8 Å². The lowest BCUT2D eigenvalue weighted by Crippen LogP contribution is -2.71. The van der Waals surface area contributed by atoms with Gasteiger partial charge in [0.25, 0.3) is 11.8 Å². The number of amides is 2. The molecule has 2 saturated heterocycles. The molecule has 3 N–H and O–H groups in total. The number of hydrogen-bond acceptors (Lipinski definition) is 6. The summed E-state index contributed by atoms with van der Waals surface area (Å²) in [6.45, 7) is -0.259. The minimum absolute atomic E-state index is 0.0403. The van der Waals surface area contributed by atoms with Crippen molar-refractivity contribution in [1.82, 2.24) is 15.6 Å². The van der Waals surface area contributed by atoms with E-state index in [1.165, 1.54) is 11.3 Å². The second-order valence-corrected chi connectivity index (χ2v) is 8.14. The molecule has 0 aliphatic carbocycles. The van der Waals surface area contributed by atoms with E-state index in [1.807, 2.05) is 24.3 Å². The Kier molecular flexibility index (Phi) is 4.79. The number of quaternary nitrogens is 1. The third kappa shape index (κ3) is 3.24. The Morgan fingerprint density at radius 3 is 2.89 bits per heavy atom. The molecule has 2 aliphatic heterocycles. The molecule has 2 aliphatic rings. The second kappa shape index (κ2) is 7.13. The molecule has 0 bridgehead atoms. The van der Waals surface area contributed by atoms with Crippen molar-refractivity contribution in [2.45, 2.75) is 19.0 Å². The van der Waals surface area contributed by atoms with Gasteiger partial charge in [-0.3, -0.25) is 25.0 Å². The van der Waals surface area contributed by atoms with Crippen LogP contribution in [-0.2, 0) is 9.59 Å². The lowest BCUT2D eigenvalue weighted by atomic mass is 10.1. The van der Waals surface area contributed by atoms with Crippen LogP contribution in [0.3, 0.4) is 0 Å². The van der Waals surface area contributed by atoms with E-state index in [9.17, 15) is 24.7 Å². The zero-order chi connectivity index (χ0) is 19.9. The number of nitrogens with one attached hydrogen (secondary N) is 2. The molecule has 4 rings (SSSR count). The maximum absolute atomic E-state index is 13.6. The first-order chi connectivity index (χ1) is 13.4. The van der Waals surface area contributed by atoms with Crippen LogP contribution in [0.25, 0.3) is 10.1 Å². The highest BCUT2D eigenvalue weighted by atomic mass is 32.1. The number of nitrogens with zero attached hydrogens (tertiary/aromatic N) is 2. The average Bonchev–Trinajstić information content (AvgIpc) is 3.01. The number of hydroxylamine groups is 2. The molecule has 0 spiro atoms. The normalized spacial score (nSPS) is 27.9. The molecule has 10 heteroatoms. The number of carbonyl (C=O) groups excluding carboxylic acids is 2. The van der Waals surface area contributed by atoms with E-state index in [2.05, 4.69) is 10.6 Å². The molecule has 0 radical (unpaired) electrons. The first-order valence-corrected chi connectivity index (χ1v) is 9.83. The van der Waals surface area contributed by atoms with Gasteiger partial charge in [0.2, 0.25) is 0 Å². The molecular formula is C18H20N4O5S. The Bertz CT molecular complexity index is 914. The predicted octanol–water partition coefficient (Wildman–Crippen LogP) is 1.07. The monoisotopic (exact) mass is 404 g/mol. The maximum atomic E-state index is 13.6. The van der Waals surface area contributed by atoms with Crippen molar-refractivity contribution >= 4 is 39.2 Å². The van der Waals surface area contributed by atoms with Crippen molar-refractivity contribution in [2.24, 2.45) is 5.92 Å². The van der Waals surface area contributed by atoms with E-state index in [4.69, 9.17) is 0 Å². The zero-order valence-electron chi connectivity index (χ0n) is 15.0. The van der Waals surface area contributed by atoms with Crippen LogP contribution in [0, 0.1) is 11.1 Å². The number of benzene rings is 1. The molecule has 1 aromatic heterocycles. The molecule has 2 unspecified atom stereocenters. The molecule has 2 aromatic rings. The van der Waals surface area contributed by atoms with Crippen LogP contribution < -0.4 is 10.6 Å². The van der Waals surface area contributed by atoms with Crippen LogP contribution in [0.15, 0.2) is 30.3 Å². The summed E-state index contributed by atoms with van der Waals surface area (Å²) in [5.41, 5.74) is 0. The number of carbonyl (C=O) groups is 3. The van der Waals surface area contributed by atoms with E-state index in [0.29, 0.717) is 4.88 Å². The van der Waals surface area contributed by atoms with Crippen LogP contribution in [0.4, 0.5) is 0 Å². The van der Waals surface area contributed by atoms with Gasteiger partial charge in [-0.25, -0.2) is 4.76 Å². The Balaban J connectivity index is 1.60. The molecule has 28 heavy (non-hydrogen) atoms. The van der Waals surface area contributed by atoms with E-state index >= 15 is 0 Å². The molecule has 3 heterocycles. The summed E-state index contributed by atoms with van der Waals surface area (Å²) in [7, 11) is 0. The first-order valence-electron chi connectivity index (χ1n) is 9.01. The fourth-order valence-electron chi connectivity index (χ4n) is 3.76. The number of hydrogen-bond donors (Lipinski definition) is 3. The zero-order valence-corrected chi connectivity index (χ0v) is 15.8. The number of rotatable bonds is 3. The SMILES string of the molecule is O=C(NC1CCC(=O)N2CNC[C@H](C(=O)O)C[N+]12[O-])c1cc2ccccc2s1. The van der Waals surface area contributed by atoms with Crippen molar-refractivity contribution in [3.8, 4) is 0 Å². The number of thiophene rings is 1. The number of carboxylic acids is 1. The maximum Gasteiger partial charge on any atom is 0.313 e. The summed E-state index contributed by atoms with van der Waals surface area (Å²) < 4.78 is -0.219. The number of carboxylic acid groups (broad SMARTS) is 1. The Labute approximate surface area is 164 Å². The van der Waals surface area contributed by atoms with Crippen molar-refractivity contribution in [3.05, 3.63) is 40.4 Å². The van der Waals surface area contributed by atoms with Gasteiger partial charge in [-0.2, -0.15) is 5.01 Å². The first kappa shape index (κ1) is 18.8. The largest absolute Gasteiger partial charge is 0.604 e. The molecule has 2 fully saturated rings. The Morgan fingerprint density at radius 2 is 2.14 bits per heavy atom. The van der Waals surface area contributed by atoms with Gasteiger partial charge in [0, 0.05) is 24.1 Å². The minimum Gasteiger partial charge on any atom is -0.604 e. The third-order valence-electron chi connectivity index (χ3n) is 5.25. The molecule has 9 nitrogen and oxygen atoms in total. The van der Waals surface area contributed by atoms with Crippen LogP contribution in [0.5, 0.6) is 0 Å². The number of aliphatic carboxylic acids is 1. The van der Waals surface area contributed by atoms with Gasteiger partial charge in [-0.15, -0.1) is 11.3 Å². The predicted molar refractivity (Wildman–Crippen MR) is 102 cm³/mol. The average molecular weight is 404 g/mol. The van der Waals surface area contributed by atoms with Crippen LogP contribution >= 0.6 is 11.3 Å². The lowest BCUT2D eigenvalue weighted by molar-refractivity contribution is -1.01. The fourth-order valence-corrected chi connectivity index (χ4v) is 4.73. The highest BCUT2D eigenvalue weighted by Crippen LogP contribution is 2.30. The van der Waals surface area contributed by atoms with E-state index in [0.717, 1.165) is 15.1 Å². The van der Waals surface area contributed by atoms with Crippen molar-refractivity contribution in [1.29, 1.82) is 0 Å². The van der Waals surface area contributed by atoms with Crippen molar-refractivity contribution in [3.63, 3.8) is 0 Å². The van der Waals surface area contributed by atoms with E-state index in [1.54, 1.807) is 6.07 Å². The molecule has 3 atom stereocenters. The van der Waals surface area contributed by atoms with Crippen LogP contribution in [-0.4, -0.2) is 58.6 Å². The Hall–Kier alpha value is -2.53. The quantitative estimate of drug-likeness (QED) is 0.520. The van der Waals surface area contributed by atoms with E-state index in [-0.39, 0.29) is 38.5 Å². The topological polar surface area (TPSA) is 122 Å². The molecule has 1 aromatic carbocycles. The van der Waals surface area contributed by atoms with Gasteiger partial charge in [-0.1, -0.05) is 18.2 Å². The number of fused-ring (bicyclic) bond motifs is 2. The standard InChI is InChI=1S/C18H20N4O5S/c23-16-6-5-15(22(27)9-12(18(25)26)8-19-10-21(16)22)20-17(24)14-7-11-3-1-2-4-13(11)28-14/h1-4,7,12,15,19H,5-6,8-10H2,(H,20,24)(H,25,26)/t12-,15?,22?/m0/s1. The summed E-state index contributed by atoms with van der Waals surface area (Å²) in [6.07, 6.45) is -0.627. The van der Waals surface area contributed by atoms with Gasteiger partial charge < -0.3 is 10.3 Å². The van der Waals surface area contributed by atoms with Crippen molar-refractivity contribution < 1.29 is 24.2 Å². The Morgan fingerprint density at radius 1 is 1.36 bits per heavy atom. The lowest BCUT2D eigenvalue weighted by Gasteiger charge is -2.55. The second-order valence-electron chi connectivity index (χ2n) is 7.06. The van der Waals surface area contributed by atoms with Gasteiger partial charge in [-0.05, 0) is 17.5 Å². The fraction of sp³-hybridized carbons (Fsp3) is 0.389. The summed E-state index contributed by atoms with van der Waals surface area (Å²) in [4.78, 5) is 37.0. The highest BCUT2D eigenvalue weighted by Gasteiger charge is 2.48. The van der Waals surface area contributed by atoms with Crippen LogP contribution in [0.1, 0.15) is 22.5 Å². The molecule has 2 amide bonds. The summed E-state index contributed by atoms with van der Waals surface area (Å²) >= 11 is 1.32. The van der Waals surface area contributed by atoms with Crippen LogP contribution in [0.2, 0.25) is 0 Å². The third-order valence-corrected chi connectivity index (χ3v) is 6.36. The summed E-state index contributed by atoms with van der Waals surface area (Å²) in [5, 5.41) is 30.7. The summed E-state index contributed by atoms with van der Waals surface area (Å²) in [5.74, 6) is -2.79. The van der Waals surface area contributed by atoms with Gasteiger partial charge in [0.05, 0.1) is 4.88 Å². The van der Waals surface area contributed by atoms with Gasteiger partial charge >= 0.3 is 5.97 Å². The smallest absolute Gasteiger partial charge is 0.313 e. The van der Waals surface area contributed by atoms with Gasteiger partial charge in [0.15, 0.2) is 6.17 Å². The molecule has 0 saturated carbocycles. The highest BCUT2D eigenvalue weighted by molar-refractivity contribution is 7.20. The molecule has 148 valence electrons. The van der Waals surface area contributed by atoms with E-state index < -0.39 is 28.7 Å². The minimum atomic E-state index is -1.18. The molecular weight excluding hydrogens is 384 g/mol. The van der Waals surface area contributed by atoms with Gasteiger partial charge in [0.1, 0.15) is 19.1 Å². The summed E-state index contributed by atoms with van der Waals surface area (Å²) in [6, 6.07) is 9.36.